The average Bonchev–Trinajstić information content (AvgIpc) is 1.86. The average molecular weight is 160 g/mol. The number of rotatable bonds is 0. The Hall–Kier alpha value is -0.0900. The fourth-order valence-corrected chi connectivity index (χ4v) is 3.09. The van der Waals surface area contributed by atoms with Crippen molar-refractivity contribution in [1.29, 1.82) is 0 Å². The van der Waals surface area contributed by atoms with Crippen LogP contribution < -0.4 is 0 Å². The molecule has 1 fully saturated rings. The molecule has 0 bridgehead atoms. The van der Waals surface area contributed by atoms with E-state index in [-0.39, 0.29) is 5.92 Å². The second-order valence-corrected chi connectivity index (χ2v) is 5.93. The molecule has 1 unspecified atom stereocenters. The summed E-state index contributed by atoms with van der Waals surface area (Å²) in [6.45, 7) is 2.42. The van der Waals surface area contributed by atoms with Gasteiger partial charge in [0.1, 0.15) is 0 Å². The van der Waals surface area contributed by atoms with Crippen LogP contribution in [0.5, 0.6) is 0 Å². The van der Waals surface area contributed by atoms with Gasteiger partial charge in [0, 0.05) is 0 Å². The van der Waals surface area contributed by atoms with Crippen LogP contribution >= 0.6 is 7.72 Å². The molecule has 1 N–H and O–H groups in total. The minimum absolute atomic E-state index is 0.246. The molecule has 1 aliphatic heterocycles. The summed E-state index contributed by atoms with van der Waals surface area (Å²) in [5.74, 6) is 2.90. The first-order valence-corrected chi connectivity index (χ1v) is 6.03. The Morgan fingerprint density at radius 1 is 1.80 bits per heavy atom. The van der Waals surface area contributed by atoms with Gasteiger partial charge in [0.25, 0.3) is 0 Å². The van der Waals surface area contributed by atoms with Crippen molar-refractivity contribution in [3.05, 3.63) is 0 Å². The Labute approximate surface area is 62.1 Å². The van der Waals surface area contributed by atoms with E-state index in [0.717, 1.165) is 6.42 Å². The maximum absolute atomic E-state index is 9.50. The van der Waals surface area contributed by atoms with Gasteiger partial charge >= 0.3 is 61.2 Å². The van der Waals surface area contributed by atoms with Crippen LogP contribution in [0.1, 0.15) is 6.42 Å². The van der Waals surface area contributed by atoms with Crippen molar-refractivity contribution >= 4 is 7.72 Å². The van der Waals surface area contributed by atoms with Gasteiger partial charge in [-0.15, -0.1) is 0 Å². The Bertz CT molecular complexity index is 159. The molecule has 0 spiro atoms. The molecule has 2 nitrogen and oxygen atoms in total. The summed E-state index contributed by atoms with van der Waals surface area (Å²) in [6.07, 6.45) is 6.83. The summed E-state index contributed by atoms with van der Waals surface area (Å²) in [5, 5.41) is 0. The molecule has 1 aliphatic rings. The van der Waals surface area contributed by atoms with Gasteiger partial charge in [-0.2, -0.15) is 0 Å². The van der Waals surface area contributed by atoms with Crippen molar-refractivity contribution < 1.29 is 9.42 Å². The molecule has 0 saturated carbocycles. The SMILES string of the molecule is C#CC1CCO[PH](C)(O)C1. The van der Waals surface area contributed by atoms with E-state index in [1.165, 1.54) is 0 Å². The molecule has 1 saturated heterocycles. The van der Waals surface area contributed by atoms with E-state index in [0.29, 0.717) is 12.8 Å². The van der Waals surface area contributed by atoms with Crippen molar-refractivity contribution in [3.8, 4) is 12.3 Å². The second kappa shape index (κ2) is 2.88. The molecule has 1 rings (SSSR count). The van der Waals surface area contributed by atoms with E-state index in [1.807, 2.05) is 0 Å². The molecule has 0 aromatic rings. The van der Waals surface area contributed by atoms with Gasteiger partial charge in [-0.05, 0) is 0 Å². The molecule has 58 valence electrons. The van der Waals surface area contributed by atoms with Crippen LogP contribution in [0.15, 0.2) is 0 Å². The molecule has 3 heteroatoms. The molecule has 1 heterocycles. The van der Waals surface area contributed by atoms with E-state index >= 15 is 0 Å². The van der Waals surface area contributed by atoms with E-state index in [1.54, 1.807) is 6.66 Å². The third-order valence-electron chi connectivity index (χ3n) is 1.74. The van der Waals surface area contributed by atoms with Crippen LogP contribution in [0.25, 0.3) is 0 Å². The molecule has 0 aromatic carbocycles. The van der Waals surface area contributed by atoms with Crippen LogP contribution in [0.4, 0.5) is 0 Å². The normalized spacial score (nSPS) is 34.3. The quantitative estimate of drug-likeness (QED) is 0.420. The Morgan fingerprint density at radius 2 is 2.50 bits per heavy atom. The van der Waals surface area contributed by atoms with Crippen LogP contribution in [0, 0.1) is 18.3 Å². The zero-order valence-corrected chi connectivity index (χ0v) is 7.13. The zero-order chi connectivity index (χ0) is 7.61. The molecule has 0 amide bonds. The van der Waals surface area contributed by atoms with Crippen molar-refractivity contribution in [3.63, 3.8) is 0 Å². The van der Waals surface area contributed by atoms with Gasteiger partial charge in [0.15, 0.2) is 0 Å². The third-order valence-corrected chi connectivity index (χ3v) is 3.82. The van der Waals surface area contributed by atoms with Crippen molar-refractivity contribution in [2.75, 3.05) is 19.4 Å². The second-order valence-electron chi connectivity index (χ2n) is 2.88. The maximum atomic E-state index is 9.50. The van der Waals surface area contributed by atoms with Crippen molar-refractivity contribution in [2.24, 2.45) is 5.92 Å². The summed E-state index contributed by atoms with van der Waals surface area (Å²) in [7, 11) is -2.32. The number of terminal acetylenes is 1. The van der Waals surface area contributed by atoms with Gasteiger partial charge in [-0.25, -0.2) is 0 Å². The van der Waals surface area contributed by atoms with Gasteiger partial charge in [0.2, 0.25) is 0 Å². The fourth-order valence-electron chi connectivity index (χ4n) is 1.18. The first kappa shape index (κ1) is 8.01. The van der Waals surface area contributed by atoms with Crippen LogP contribution in [-0.4, -0.2) is 24.3 Å². The van der Waals surface area contributed by atoms with Gasteiger partial charge in [-0.1, -0.05) is 0 Å². The monoisotopic (exact) mass is 160 g/mol. The van der Waals surface area contributed by atoms with Crippen LogP contribution in [0.3, 0.4) is 0 Å². The van der Waals surface area contributed by atoms with E-state index in [2.05, 4.69) is 5.92 Å². The van der Waals surface area contributed by atoms with Crippen molar-refractivity contribution in [1.82, 2.24) is 0 Å². The molecule has 1 atom stereocenters. The first-order chi connectivity index (χ1) is 4.64. The first-order valence-electron chi connectivity index (χ1n) is 3.46. The van der Waals surface area contributed by atoms with E-state index in [4.69, 9.17) is 10.9 Å². The number of hydrogen-bond donors (Lipinski definition) is 1. The Balaban J connectivity index is 2.49. The Kier molecular flexibility index (Phi) is 2.31. The predicted octanol–water partition coefficient (Wildman–Crippen LogP) is 0.858. The van der Waals surface area contributed by atoms with E-state index < -0.39 is 7.72 Å². The predicted molar refractivity (Wildman–Crippen MR) is 44.2 cm³/mol. The summed E-state index contributed by atoms with van der Waals surface area (Å²) < 4.78 is 5.20. The molecule has 0 aromatic heterocycles. The topological polar surface area (TPSA) is 29.5 Å². The Morgan fingerprint density at radius 3 is 2.90 bits per heavy atom. The summed E-state index contributed by atoms with van der Waals surface area (Å²) >= 11 is 0. The van der Waals surface area contributed by atoms with E-state index in [9.17, 15) is 4.89 Å². The summed E-state index contributed by atoms with van der Waals surface area (Å²) in [6, 6.07) is 0. The molecular formula is C7H13O2P. The fraction of sp³-hybridized carbons (Fsp3) is 0.714. The van der Waals surface area contributed by atoms with Crippen LogP contribution in [0.2, 0.25) is 0 Å². The molecule has 10 heavy (non-hydrogen) atoms. The molecular weight excluding hydrogens is 147 g/mol. The van der Waals surface area contributed by atoms with Crippen LogP contribution in [-0.2, 0) is 4.52 Å². The van der Waals surface area contributed by atoms with Gasteiger partial charge in [0.05, 0.1) is 0 Å². The van der Waals surface area contributed by atoms with Gasteiger partial charge in [-0.3, -0.25) is 0 Å². The molecule has 0 aliphatic carbocycles. The standard InChI is InChI=1S/C7H13O2P/c1-3-7-4-5-9-10(2,8)6-7/h1,7-8,10H,4-6H2,2H3. The summed E-state index contributed by atoms with van der Waals surface area (Å²) in [5.41, 5.74) is 0. The molecule has 0 radical (unpaired) electrons. The van der Waals surface area contributed by atoms with Gasteiger partial charge < -0.3 is 0 Å². The van der Waals surface area contributed by atoms with Crippen molar-refractivity contribution in [2.45, 2.75) is 6.42 Å². The summed E-state index contributed by atoms with van der Waals surface area (Å²) in [4.78, 5) is 9.50. The number of hydrogen-bond acceptors (Lipinski definition) is 2. The minimum atomic E-state index is -2.32. The third kappa shape index (κ3) is 1.95. The zero-order valence-electron chi connectivity index (χ0n) is 6.13.